The zero-order valence-corrected chi connectivity index (χ0v) is 8.25. The van der Waals surface area contributed by atoms with E-state index in [9.17, 15) is 13.2 Å². The van der Waals surface area contributed by atoms with Gasteiger partial charge in [-0.05, 0) is 6.92 Å². The van der Waals surface area contributed by atoms with E-state index >= 15 is 0 Å². The van der Waals surface area contributed by atoms with E-state index in [-0.39, 0.29) is 6.42 Å². The van der Waals surface area contributed by atoms with Gasteiger partial charge in [0.1, 0.15) is 6.04 Å². The molecule has 1 unspecified atom stereocenters. The van der Waals surface area contributed by atoms with Gasteiger partial charge in [-0.1, -0.05) is 0 Å². The van der Waals surface area contributed by atoms with Gasteiger partial charge in [0.15, 0.2) is 0 Å². The second-order valence-corrected chi connectivity index (χ2v) is 3.79. The molecule has 14 heavy (non-hydrogen) atoms. The minimum Gasteiger partial charge on any atom is -0.271 e. The van der Waals surface area contributed by atoms with Crippen molar-refractivity contribution < 1.29 is 13.2 Å². The van der Waals surface area contributed by atoms with Crippen molar-refractivity contribution in [3.8, 4) is 0 Å². The molecule has 0 spiro atoms. The molecular weight excluding hydrogens is 215 g/mol. The lowest BCUT2D eigenvalue weighted by molar-refractivity contribution is -0.155. The van der Waals surface area contributed by atoms with Crippen molar-refractivity contribution in [3.63, 3.8) is 0 Å². The molecule has 0 bridgehead atoms. The van der Waals surface area contributed by atoms with Crippen molar-refractivity contribution in [2.45, 2.75) is 25.6 Å². The van der Waals surface area contributed by atoms with Crippen molar-refractivity contribution in [2.24, 2.45) is 5.84 Å². The predicted molar refractivity (Wildman–Crippen MR) is 47.7 cm³/mol. The van der Waals surface area contributed by atoms with Crippen LogP contribution in [0.2, 0.25) is 0 Å². The molecule has 1 heterocycles. The highest BCUT2D eigenvalue weighted by Crippen LogP contribution is 2.23. The van der Waals surface area contributed by atoms with Crippen molar-refractivity contribution in [2.75, 3.05) is 0 Å². The van der Waals surface area contributed by atoms with Gasteiger partial charge < -0.3 is 0 Å². The molecule has 0 radical (unpaired) electrons. The minimum absolute atomic E-state index is 0.224. The SMILES string of the molecule is Cc1csc(CC(NN)C(F)(F)F)n1. The molecule has 1 aromatic heterocycles. The Labute approximate surface area is 83.1 Å². The van der Waals surface area contributed by atoms with E-state index in [1.54, 1.807) is 17.7 Å². The molecule has 1 atom stereocenters. The summed E-state index contributed by atoms with van der Waals surface area (Å²) in [6.07, 6.45) is -4.56. The smallest absolute Gasteiger partial charge is 0.271 e. The maximum Gasteiger partial charge on any atom is 0.405 e. The van der Waals surface area contributed by atoms with Crippen molar-refractivity contribution in [3.05, 3.63) is 16.1 Å². The number of hydrogen-bond donors (Lipinski definition) is 2. The highest BCUT2D eigenvalue weighted by atomic mass is 32.1. The van der Waals surface area contributed by atoms with E-state index in [1.807, 2.05) is 0 Å². The minimum atomic E-state index is -4.34. The van der Waals surface area contributed by atoms with E-state index in [0.717, 1.165) is 5.69 Å². The first-order valence-corrected chi connectivity index (χ1v) is 4.75. The molecular formula is C7H10F3N3S. The quantitative estimate of drug-likeness (QED) is 0.603. The van der Waals surface area contributed by atoms with Crippen LogP contribution < -0.4 is 11.3 Å². The average Bonchev–Trinajstić information content (AvgIpc) is 2.45. The van der Waals surface area contributed by atoms with Gasteiger partial charge in [-0.2, -0.15) is 13.2 Å². The summed E-state index contributed by atoms with van der Waals surface area (Å²) in [5.41, 5.74) is 2.47. The fraction of sp³-hybridized carbons (Fsp3) is 0.571. The van der Waals surface area contributed by atoms with Crippen LogP contribution in [0.25, 0.3) is 0 Å². The van der Waals surface area contributed by atoms with Gasteiger partial charge in [-0.3, -0.25) is 5.84 Å². The molecule has 1 aromatic rings. The van der Waals surface area contributed by atoms with Gasteiger partial charge in [0, 0.05) is 17.5 Å². The standard InChI is InChI=1S/C7H10F3N3S/c1-4-3-14-6(12-4)2-5(13-11)7(8,9)10/h3,5,13H,2,11H2,1H3. The Hall–Kier alpha value is -0.660. The topological polar surface area (TPSA) is 50.9 Å². The molecule has 0 saturated carbocycles. The molecule has 0 fully saturated rings. The van der Waals surface area contributed by atoms with Crippen LogP contribution in [0.3, 0.4) is 0 Å². The fourth-order valence-corrected chi connectivity index (χ4v) is 1.76. The monoisotopic (exact) mass is 225 g/mol. The van der Waals surface area contributed by atoms with Gasteiger partial charge in [0.25, 0.3) is 0 Å². The number of nitrogens with two attached hydrogens (primary N) is 1. The van der Waals surface area contributed by atoms with Crippen LogP contribution in [0.4, 0.5) is 13.2 Å². The number of hydrogen-bond acceptors (Lipinski definition) is 4. The largest absolute Gasteiger partial charge is 0.405 e. The number of halogens is 3. The zero-order chi connectivity index (χ0) is 10.8. The Morgan fingerprint density at radius 3 is 2.64 bits per heavy atom. The van der Waals surface area contributed by atoms with Crippen molar-refractivity contribution in [1.82, 2.24) is 10.4 Å². The van der Waals surface area contributed by atoms with E-state index in [0.29, 0.717) is 5.01 Å². The number of aryl methyl sites for hydroxylation is 1. The molecule has 7 heteroatoms. The first kappa shape index (κ1) is 11.4. The molecule has 0 aliphatic carbocycles. The molecule has 0 aromatic carbocycles. The summed E-state index contributed by atoms with van der Waals surface area (Å²) < 4.78 is 36.7. The van der Waals surface area contributed by atoms with Crippen LogP contribution in [-0.4, -0.2) is 17.2 Å². The summed E-state index contributed by atoms with van der Waals surface area (Å²) in [4.78, 5) is 3.93. The first-order chi connectivity index (χ1) is 6.43. The Kier molecular flexibility index (Phi) is 3.46. The van der Waals surface area contributed by atoms with Crippen molar-refractivity contribution in [1.29, 1.82) is 0 Å². The number of nitrogens with zero attached hydrogens (tertiary/aromatic N) is 1. The number of hydrazine groups is 1. The van der Waals surface area contributed by atoms with Crippen LogP contribution >= 0.6 is 11.3 Å². The maximum absolute atomic E-state index is 12.2. The van der Waals surface area contributed by atoms with E-state index in [4.69, 9.17) is 5.84 Å². The van der Waals surface area contributed by atoms with Gasteiger partial charge in [0.2, 0.25) is 0 Å². The van der Waals surface area contributed by atoms with Gasteiger partial charge in [0.05, 0.1) is 5.01 Å². The van der Waals surface area contributed by atoms with Gasteiger partial charge in [-0.25, -0.2) is 10.4 Å². The molecule has 0 amide bonds. The van der Waals surface area contributed by atoms with Gasteiger partial charge in [-0.15, -0.1) is 11.3 Å². The Morgan fingerprint density at radius 1 is 1.64 bits per heavy atom. The lowest BCUT2D eigenvalue weighted by Gasteiger charge is -2.17. The first-order valence-electron chi connectivity index (χ1n) is 3.87. The molecule has 80 valence electrons. The second-order valence-electron chi connectivity index (χ2n) is 2.85. The summed E-state index contributed by atoms with van der Waals surface area (Å²) in [5, 5.41) is 2.14. The zero-order valence-electron chi connectivity index (χ0n) is 7.43. The molecule has 0 saturated heterocycles. The Balaban J connectivity index is 2.66. The van der Waals surface area contributed by atoms with Crippen LogP contribution in [0.15, 0.2) is 5.38 Å². The predicted octanol–water partition coefficient (Wildman–Crippen LogP) is 1.39. The highest BCUT2D eigenvalue weighted by Gasteiger charge is 2.39. The Morgan fingerprint density at radius 2 is 2.29 bits per heavy atom. The normalized spacial score (nSPS) is 14.4. The van der Waals surface area contributed by atoms with Crippen LogP contribution in [0.5, 0.6) is 0 Å². The summed E-state index contributed by atoms with van der Waals surface area (Å²) >= 11 is 1.20. The van der Waals surface area contributed by atoms with Crippen LogP contribution in [0, 0.1) is 6.92 Å². The molecule has 3 N–H and O–H groups in total. The summed E-state index contributed by atoms with van der Waals surface area (Å²) in [7, 11) is 0. The molecule has 1 rings (SSSR count). The van der Waals surface area contributed by atoms with Crippen molar-refractivity contribution >= 4 is 11.3 Å². The van der Waals surface area contributed by atoms with Crippen LogP contribution in [-0.2, 0) is 6.42 Å². The molecule has 0 aliphatic heterocycles. The lowest BCUT2D eigenvalue weighted by atomic mass is 10.2. The summed E-state index contributed by atoms with van der Waals surface area (Å²) in [5.74, 6) is 4.82. The molecule has 0 aliphatic rings. The molecule has 3 nitrogen and oxygen atoms in total. The average molecular weight is 225 g/mol. The number of thiazole rings is 1. The fourth-order valence-electron chi connectivity index (χ4n) is 0.940. The van der Waals surface area contributed by atoms with Gasteiger partial charge >= 0.3 is 6.18 Å². The lowest BCUT2D eigenvalue weighted by Crippen LogP contribution is -2.47. The number of nitrogens with one attached hydrogen (secondary N) is 1. The third-order valence-electron chi connectivity index (χ3n) is 1.64. The third-order valence-corrected chi connectivity index (χ3v) is 2.63. The van der Waals surface area contributed by atoms with E-state index in [1.165, 1.54) is 11.3 Å². The third kappa shape index (κ3) is 2.93. The van der Waals surface area contributed by atoms with Crippen LogP contribution in [0.1, 0.15) is 10.7 Å². The highest BCUT2D eigenvalue weighted by molar-refractivity contribution is 7.09. The van der Waals surface area contributed by atoms with E-state index in [2.05, 4.69) is 4.98 Å². The summed E-state index contributed by atoms with van der Waals surface area (Å²) in [6, 6.07) is -1.73. The van der Waals surface area contributed by atoms with E-state index < -0.39 is 12.2 Å². The maximum atomic E-state index is 12.2. The Bertz CT molecular complexity index is 297. The second kappa shape index (κ2) is 4.24. The number of rotatable bonds is 3. The summed E-state index contributed by atoms with van der Waals surface area (Å²) in [6.45, 7) is 1.73. The number of aromatic nitrogens is 1. The number of alkyl halides is 3.